The normalized spacial score (nSPS) is 13.3. The van der Waals surface area contributed by atoms with Crippen LogP contribution in [0.2, 0.25) is 0 Å². The fourth-order valence-electron chi connectivity index (χ4n) is 1.73. The van der Waals surface area contributed by atoms with Crippen LogP contribution in [0.4, 0.5) is 4.39 Å². The molecule has 114 valence electrons. The Hall–Kier alpha value is -1.33. The van der Waals surface area contributed by atoms with Crippen molar-refractivity contribution in [1.82, 2.24) is 5.32 Å². The lowest BCUT2D eigenvalue weighted by Crippen LogP contribution is -2.44. The Morgan fingerprint density at radius 2 is 1.95 bits per heavy atom. The second kappa shape index (κ2) is 8.07. The lowest BCUT2D eigenvalue weighted by atomic mass is 10.0. The van der Waals surface area contributed by atoms with Crippen LogP contribution in [0.5, 0.6) is 5.75 Å². The molecule has 0 fully saturated rings. The second-order valence-corrected chi connectivity index (χ2v) is 4.89. The van der Waals surface area contributed by atoms with Gasteiger partial charge < -0.3 is 15.8 Å². The minimum absolute atomic E-state index is 0. The van der Waals surface area contributed by atoms with Gasteiger partial charge in [0.2, 0.25) is 5.91 Å². The van der Waals surface area contributed by atoms with Gasteiger partial charge in [0.25, 0.3) is 0 Å². The Morgan fingerprint density at radius 3 is 2.45 bits per heavy atom. The van der Waals surface area contributed by atoms with Crippen molar-refractivity contribution in [2.24, 2.45) is 11.7 Å². The van der Waals surface area contributed by atoms with E-state index in [1.165, 1.54) is 25.3 Å². The molecule has 20 heavy (non-hydrogen) atoms. The SMILES string of the molecule is COc1ccc(F)cc1C(C)NC(=O)[C@H](N)C(C)C.Cl. The quantitative estimate of drug-likeness (QED) is 0.878. The monoisotopic (exact) mass is 304 g/mol. The molecule has 0 aliphatic rings. The van der Waals surface area contributed by atoms with Gasteiger partial charge in [-0.25, -0.2) is 4.39 Å². The maximum Gasteiger partial charge on any atom is 0.237 e. The van der Waals surface area contributed by atoms with Crippen molar-refractivity contribution in [1.29, 1.82) is 0 Å². The van der Waals surface area contributed by atoms with Crippen LogP contribution >= 0.6 is 12.4 Å². The van der Waals surface area contributed by atoms with Crippen molar-refractivity contribution in [2.45, 2.75) is 32.9 Å². The molecule has 1 aromatic rings. The molecule has 1 aromatic carbocycles. The maximum atomic E-state index is 13.3. The lowest BCUT2D eigenvalue weighted by Gasteiger charge is -2.21. The van der Waals surface area contributed by atoms with E-state index >= 15 is 0 Å². The second-order valence-electron chi connectivity index (χ2n) is 4.89. The number of nitrogens with two attached hydrogens (primary N) is 1. The number of rotatable bonds is 5. The number of carbonyl (C=O) groups excluding carboxylic acids is 1. The number of nitrogens with one attached hydrogen (secondary N) is 1. The first kappa shape index (κ1) is 18.7. The van der Waals surface area contributed by atoms with Crippen molar-refractivity contribution in [3.63, 3.8) is 0 Å². The molecular weight excluding hydrogens is 283 g/mol. The van der Waals surface area contributed by atoms with Gasteiger partial charge in [-0.3, -0.25) is 4.79 Å². The predicted octanol–water partition coefficient (Wildman–Crippen LogP) is 2.42. The zero-order valence-corrected chi connectivity index (χ0v) is 13.0. The molecule has 2 atom stereocenters. The highest BCUT2D eigenvalue weighted by Gasteiger charge is 2.21. The first-order valence-corrected chi connectivity index (χ1v) is 6.26. The number of carbonyl (C=O) groups is 1. The molecule has 1 unspecified atom stereocenters. The molecule has 4 nitrogen and oxygen atoms in total. The summed E-state index contributed by atoms with van der Waals surface area (Å²) < 4.78 is 18.4. The molecule has 1 rings (SSSR count). The van der Waals surface area contributed by atoms with Gasteiger partial charge in [0.1, 0.15) is 11.6 Å². The largest absolute Gasteiger partial charge is 0.496 e. The number of hydrogen-bond donors (Lipinski definition) is 2. The summed E-state index contributed by atoms with van der Waals surface area (Å²) in [6, 6.07) is 3.25. The van der Waals surface area contributed by atoms with Crippen LogP contribution < -0.4 is 15.8 Å². The van der Waals surface area contributed by atoms with Gasteiger partial charge in [0.05, 0.1) is 19.2 Å². The van der Waals surface area contributed by atoms with Crippen LogP contribution in [0.1, 0.15) is 32.4 Å². The summed E-state index contributed by atoms with van der Waals surface area (Å²) in [6.07, 6.45) is 0. The van der Waals surface area contributed by atoms with Gasteiger partial charge in [-0.15, -0.1) is 12.4 Å². The van der Waals surface area contributed by atoms with Gasteiger partial charge in [0, 0.05) is 5.56 Å². The predicted molar refractivity (Wildman–Crippen MR) is 79.6 cm³/mol. The minimum Gasteiger partial charge on any atom is -0.496 e. The fraction of sp³-hybridized carbons (Fsp3) is 0.500. The van der Waals surface area contributed by atoms with E-state index in [0.29, 0.717) is 11.3 Å². The van der Waals surface area contributed by atoms with E-state index in [1.54, 1.807) is 6.92 Å². The molecule has 1 amide bonds. The van der Waals surface area contributed by atoms with Gasteiger partial charge >= 0.3 is 0 Å². The van der Waals surface area contributed by atoms with Crippen molar-refractivity contribution < 1.29 is 13.9 Å². The molecular formula is C14H22ClFN2O2. The third-order valence-corrected chi connectivity index (χ3v) is 3.04. The average Bonchev–Trinajstić information content (AvgIpc) is 2.37. The molecule has 0 bridgehead atoms. The summed E-state index contributed by atoms with van der Waals surface area (Å²) in [4.78, 5) is 11.9. The summed E-state index contributed by atoms with van der Waals surface area (Å²) >= 11 is 0. The summed E-state index contributed by atoms with van der Waals surface area (Å²) in [7, 11) is 1.51. The first-order valence-electron chi connectivity index (χ1n) is 6.26. The van der Waals surface area contributed by atoms with Crippen molar-refractivity contribution in [2.75, 3.05) is 7.11 Å². The van der Waals surface area contributed by atoms with Crippen LogP contribution in [0.15, 0.2) is 18.2 Å². The summed E-state index contributed by atoms with van der Waals surface area (Å²) in [5, 5.41) is 2.77. The van der Waals surface area contributed by atoms with Crippen molar-refractivity contribution in [3.8, 4) is 5.75 Å². The number of benzene rings is 1. The average molecular weight is 305 g/mol. The highest BCUT2D eigenvalue weighted by Crippen LogP contribution is 2.25. The van der Waals surface area contributed by atoms with Gasteiger partial charge in [-0.1, -0.05) is 13.8 Å². The van der Waals surface area contributed by atoms with Crippen molar-refractivity contribution >= 4 is 18.3 Å². The Kier molecular flexibility index (Phi) is 7.53. The minimum atomic E-state index is -0.581. The maximum absolute atomic E-state index is 13.3. The summed E-state index contributed by atoms with van der Waals surface area (Å²) in [6.45, 7) is 5.51. The van der Waals surface area contributed by atoms with E-state index in [4.69, 9.17) is 10.5 Å². The molecule has 3 N–H and O–H groups in total. The van der Waals surface area contributed by atoms with Gasteiger partial charge in [0.15, 0.2) is 0 Å². The molecule has 0 aromatic heterocycles. The first-order chi connectivity index (χ1) is 8.86. The number of amides is 1. The molecule has 6 heteroatoms. The Bertz CT molecular complexity index is 455. The number of methoxy groups -OCH3 is 1. The van der Waals surface area contributed by atoms with E-state index in [0.717, 1.165) is 0 Å². The van der Waals surface area contributed by atoms with E-state index in [1.807, 2.05) is 13.8 Å². The molecule has 0 aliphatic heterocycles. The zero-order valence-electron chi connectivity index (χ0n) is 12.1. The van der Waals surface area contributed by atoms with Crippen LogP contribution in [0, 0.1) is 11.7 Å². The van der Waals surface area contributed by atoms with Crippen LogP contribution in [0.3, 0.4) is 0 Å². The Labute approximate surface area is 125 Å². The van der Waals surface area contributed by atoms with E-state index in [-0.39, 0.29) is 36.1 Å². The topological polar surface area (TPSA) is 64.3 Å². The Morgan fingerprint density at radius 1 is 1.35 bits per heavy atom. The molecule has 0 spiro atoms. The standard InChI is InChI=1S/C14H21FN2O2.ClH/c1-8(2)13(16)14(18)17-9(3)11-7-10(15)5-6-12(11)19-4;/h5-9,13H,16H2,1-4H3,(H,17,18);1H/t9?,13-;/m1./s1. The van der Waals surface area contributed by atoms with Crippen LogP contribution in [-0.4, -0.2) is 19.1 Å². The van der Waals surface area contributed by atoms with Crippen LogP contribution in [0.25, 0.3) is 0 Å². The number of hydrogen-bond acceptors (Lipinski definition) is 3. The summed E-state index contributed by atoms with van der Waals surface area (Å²) in [5.41, 5.74) is 6.36. The highest BCUT2D eigenvalue weighted by molar-refractivity contribution is 5.85. The van der Waals surface area contributed by atoms with E-state index < -0.39 is 6.04 Å². The molecule has 0 heterocycles. The molecule has 0 aliphatic carbocycles. The third-order valence-electron chi connectivity index (χ3n) is 3.04. The van der Waals surface area contributed by atoms with Crippen molar-refractivity contribution in [3.05, 3.63) is 29.6 Å². The number of halogens is 2. The molecule has 0 saturated carbocycles. The molecule has 0 saturated heterocycles. The smallest absolute Gasteiger partial charge is 0.237 e. The highest BCUT2D eigenvalue weighted by atomic mass is 35.5. The Balaban J connectivity index is 0.00000361. The van der Waals surface area contributed by atoms with E-state index in [9.17, 15) is 9.18 Å². The zero-order chi connectivity index (χ0) is 14.6. The fourth-order valence-corrected chi connectivity index (χ4v) is 1.73. The molecule has 0 radical (unpaired) electrons. The van der Waals surface area contributed by atoms with Crippen LogP contribution in [-0.2, 0) is 4.79 Å². The van der Waals surface area contributed by atoms with Gasteiger partial charge in [-0.2, -0.15) is 0 Å². The van der Waals surface area contributed by atoms with Gasteiger partial charge in [-0.05, 0) is 31.0 Å². The number of ether oxygens (including phenoxy) is 1. The lowest BCUT2D eigenvalue weighted by molar-refractivity contribution is -0.123. The summed E-state index contributed by atoms with van der Waals surface area (Å²) in [5.74, 6) is -0.0483. The van der Waals surface area contributed by atoms with E-state index in [2.05, 4.69) is 5.32 Å². The third kappa shape index (κ3) is 4.65.